The molecule has 0 atom stereocenters. The van der Waals surface area contributed by atoms with Crippen LogP contribution in [0.15, 0.2) is 52.4 Å². The van der Waals surface area contributed by atoms with Crippen molar-refractivity contribution in [3.05, 3.63) is 64.6 Å². The molecule has 7 heteroatoms. The third-order valence-corrected chi connectivity index (χ3v) is 4.71. The number of nitrogens with zero attached hydrogens (tertiary/aromatic N) is 2. The minimum atomic E-state index is -0.797. The molecule has 1 aliphatic heterocycles. The number of ether oxygens (including phenoxy) is 1. The van der Waals surface area contributed by atoms with Crippen LogP contribution in [0.5, 0.6) is 5.75 Å². The zero-order valence-electron chi connectivity index (χ0n) is 14.3. The van der Waals surface area contributed by atoms with Crippen molar-refractivity contribution < 1.29 is 18.3 Å². The van der Waals surface area contributed by atoms with E-state index in [1.54, 1.807) is 24.3 Å². The second-order valence-corrected chi connectivity index (χ2v) is 6.50. The van der Waals surface area contributed by atoms with Gasteiger partial charge in [0.1, 0.15) is 23.9 Å². The average molecular weight is 384 g/mol. The Morgan fingerprint density at radius 2 is 2.07 bits per heavy atom. The second kappa shape index (κ2) is 8.06. The van der Waals surface area contributed by atoms with Crippen molar-refractivity contribution in [1.29, 1.82) is 0 Å². The molecule has 0 aliphatic carbocycles. The highest BCUT2D eigenvalue weighted by Crippen LogP contribution is 2.35. The van der Waals surface area contributed by atoms with Crippen LogP contribution < -0.4 is 4.74 Å². The van der Waals surface area contributed by atoms with Gasteiger partial charge in [-0.1, -0.05) is 24.1 Å². The number of aliphatic imine (C=N–C) groups is 1. The lowest BCUT2D eigenvalue weighted by molar-refractivity contribution is -0.121. The van der Waals surface area contributed by atoms with E-state index in [0.717, 1.165) is 23.9 Å². The maximum Gasteiger partial charge on any atom is 0.266 e. The van der Waals surface area contributed by atoms with Gasteiger partial charge in [-0.05, 0) is 36.0 Å². The summed E-state index contributed by atoms with van der Waals surface area (Å²) in [4.78, 5) is 18.4. The second-order valence-electron chi connectivity index (χ2n) is 5.50. The zero-order valence-corrected chi connectivity index (χ0v) is 15.1. The van der Waals surface area contributed by atoms with Crippen molar-refractivity contribution in [3.8, 4) is 18.1 Å². The molecule has 2 aromatic rings. The first kappa shape index (κ1) is 18.7. The molecule has 3 rings (SSSR count). The molecular formula is C20H14F2N2O2S. The lowest BCUT2D eigenvalue weighted by Gasteiger charge is -2.07. The largest absolute Gasteiger partial charge is 0.480 e. The van der Waals surface area contributed by atoms with Gasteiger partial charge in [0.15, 0.2) is 11.0 Å². The smallest absolute Gasteiger partial charge is 0.266 e. The number of hydrogen-bond donors (Lipinski definition) is 0. The summed E-state index contributed by atoms with van der Waals surface area (Å²) in [5.41, 5.74) is 0.642. The number of amides is 1. The number of rotatable bonds is 4. The van der Waals surface area contributed by atoms with Crippen molar-refractivity contribution in [1.82, 2.24) is 4.90 Å². The van der Waals surface area contributed by atoms with Crippen LogP contribution in [-0.4, -0.2) is 29.6 Å². The lowest BCUT2D eigenvalue weighted by atomic mass is 10.2. The van der Waals surface area contributed by atoms with Crippen molar-refractivity contribution in [2.75, 3.05) is 13.7 Å². The van der Waals surface area contributed by atoms with Crippen molar-refractivity contribution in [3.63, 3.8) is 0 Å². The summed E-state index contributed by atoms with van der Waals surface area (Å²) in [5.74, 6) is 1.17. The molecule has 1 heterocycles. The van der Waals surface area contributed by atoms with Gasteiger partial charge in [0, 0.05) is 18.7 Å². The Hall–Kier alpha value is -3.11. The first-order valence-electron chi connectivity index (χ1n) is 7.86. The average Bonchev–Trinajstić information content (AvgIpc) is 2.91. The van der Waals surface area contributed by atoms with E-state index in [1.807, 2.05) is 6.07 Å². The third-order valence-electron chi connectivity index (χ3n) is 3.65. The molecule has 1 aliphatic rings. The van der Waals surface area contributed by atoms with E-state index >= 15 is 0 Å². The Morgan fingerprint density at radius 1 is 1.30 bits per heavy atom. The summed E-state index contributed by atoms with van der Waals surface area (Å²) >= 11 is 1.09. The Morgan fingerprint density at radius 3 is 2.81 bits per heavy atom. The summed E-state index contributed by atoms with van der Waals surface area (Å²) in [5, 5.41) is 0.291. The Balaban J connectivity index is 1.91. The van der Waals surface area contributed by atoms with Gasteiger partial charge in [-0.3, -0.25) is 9.69 Å². The normalized spacial score (nSPS) is 16.8. The van der Waals surface area contributed by atoms with Crippen LogP contribution in [0.2, 0.25) is 0 Å². The molecular weight excluding hydrogens is 370 g/mol. The topological polar surface area (TPSA) is 41.9 Å². The number of likely N-dealkylation sites (N-methyl/N-ethyl adjacent to an activating group) is 1. The summed E-state index contributed by atoms with van der Waals surface area (Å²) in [7, 11) is 1.54. The maximum atomic E-state index is 13.8. The number of terminal acetylenes is 1. The molecule has 0 N–H and O–H groups in total. The molecule has 0 aromatic heterocycles. The number of benzene rings is 2. The number of thioether (sulfide) groups is 1. The molecule has 1 fully saturated rings. The molecule has 27 heavy (non-hydrogen) atoms. The molecule has 136 valence electrons. The van der Waals surface area contributed by atoms with Gasteiger partial charge in [0.05, 0.1) is 4.91 Å². The Kier molecular flexibility index (Phi) is 5.57. The fraction of sp³-hybridized carbons (Fsp3) is 0.100. The number of carbonyl (C=O) groups excluding carboxylic acids is 1. The monoisotopic (exact) mass is 384 g/mol. The van der Waals surface area contributed by atoms with Crippen molar-refractivity contribution >= 4 is 34.6 Å². The zero-order chi connectivity index (χ0) is 19.4. The minimum Gasteiger partial charge on any atom is -0.480 e. The number of halogens is 2. The molecule has 2 aromatic carbocycles. The first-order chi connectivity index (χ1) is 13.0. The van der Waals surface area contributed by atoms with E-state index in [2.05, 4.69) is 10.9 Å². The maximum absolute atomic E-state index is 13.8. The number of hydrogen-bond acceptors (Lipinski definition) is 4. The van der Waals surface area contributed by atoms with Crippen LogP contribution in [0.4, 0.5) is 14.5 Å². The van der Waals surface area contributed by atoms with Gasteiger partial charge >= 0.3 is 0 Å². The molecule has 0 bridgehead atoms. The van der Waals surface area contributed by atoms with E-state index in [4.69, 9.17) is 11.2 Å². The molecule has 0 radical (unpaired) electrons. The quantitative estimate of drug-likeness (QED) is 0.586. The van der Waals surface area contributed by atoms with E-state index in [0.29, 0.717) is 21.4 Å². The molecule has 0 saturated carbocycles. The van der Waals surface area contributed by atoms with Gasteiger partial charge < -0.3 is 4.74 Å². The fourth-order valence-corrected chi connectivity index (χ4v) is 3.29. The third kappa shape index (κ3) is 4.18. The van der Waals surface area contributed by atoms with E-state index < -0.39 is 11.6 Å². The molecule has 1 saturated heterocycles. The van der Waals surface area contributed by atoms with Gasteiger partial charge in [-0.25, -0.2) is 13.8 Å². The summed E-state index contributed by atoms with van der Waals surface area (Å²) in [6.07, 6.45) is 6.88. The van der Waals surface area contributed by atoms with Gasteiger partial charge in [-0.2, -0.15) is 0 Å². The SMILES string of the molecule is C#CCOc1ccccc1/C=C1/SC(=Nc2ccc(F)cc2F)N(C)C1=O. The Labute approximate surface area is 159 Å². The molecule has 1 amide bonds. The predicted octanol–water partition coefficient (Wildman–Crippen LogP) is 4.21. The number of carbonyl (C=O) groups is 1. The van der Waals surface area contributed by atoms with Crippen LogP contribution in [0.1, 0.15) is 5.56 Å². The van der Waals surface area contributed by atoms with Crippen LogP contribution in [0.25, 0.3) is 6.08 Å². The highest BCUT2D eigenvalue weighted by Gasteiger charge is 2.30. The number of para-hydroxylation sites is 1. The van der Waals surface area contributed by atoms with Crippen LogP contribution in [0, 0.1) is 24.0 Å². The van der Waals surface area contributed by atoms with Crippen LogP contribution in [0.3, 0.4) is 0 Å². The molecule has 0 spiro atoms. The van der Waals surface area contributed by atoms with E-state index in [9.17, 15) is 13.6 Å². The van der Waals surface area contributed by atoms with Gasteiger partial charge in [-0.15, -0.1) is 6.42 Å². The van der Waals surface area contributed by atoms with E-state index in [-0.39, 0.29) is 18.2 Å². The molecule has 0 unspecified atom stereocenters. The highest BCUT2D eigenvalue weighted by molar-refractivity contribution is 8.18. The van der Waals surface area contributed by atoms with Gasteiger partial charge in [0.25, 0.3) is 5.91 Å². The first-order valence-corrected chi connectivity index (χ1v) is 8.68. The lowest BCUT2D eigenvalue weighted by Crippen LogP contribution is -2.23. The fourth-order valence-electron chi connectivity index (χ4n) is 2.32. The standard InChI is InChI=1S/C20H14F2N2O2S/c1-3-10-26-17-7-5-4-6-13(17)11-18-19(25)24(2)20(27-18)23-16-9-8-14(21)12-15(16)22/h1,4-9,11-12H,10H2,2H3/b18-11+,23-20?. The summed E-state index contributed by atoms with van der Waals surface area (Å²) < 4.78 is 32.4. The van der Waals surface area contributed by atoms with Crippen molar-refractivity contribution in [2.45, 2.75) is 0 Å². The van der Waals surface area contributed by atoms with Crippen molar-refractivity contribution in [2.24, 2.45) is 4.99 Å². The Bertz CT molecular complexity index is 996. The van der Waals surface area contributed by atoms with Gasteiger partial charge in [0.2, 0.25) is 0 Å². The summed E-state index contributed by atoms with van der Waals surface area (Å²) in [6, 6.07) is 10.2. The van der Waals surface area contributed by atoms with E-state index in [1.165, 1.54) is 18.0 Å². The summed E-state index contributed by atoms with van der Waals surface area (Å²) in [6.45, 7) is 0.109. The predicted molar refractivity (Wildman–Crippen MR) is 103 cm³/mol. The number of amidine groups is 1. The molecule has 4 nitrogen and oxygen atoms in total. The van der Waals surface area contributed by atoms with Crippen LogP contribution in [-0.2, 0) is 4.79 Å². The van der Waals surface area contributed by atoms with Crippen LogP contribution >= 0.6 is 11.8 Å². The highest BCUT2D eigenvalue weighted by atomic mass is 32.2. The minimum absolute atomic E-state index is 0.0439.